The molecular formula is C6H10N2O. The van der Waals surface area contributed by atoms with Gasteiger partial charge in [0, 0.05) is 5.70 Å². The zero-order chi connectivity index (χ0) is 6.85. The molecule has 0 aliphatic carbocycles. The molecule has 0 bridgehead atoms. The van der Waals surface area contributed by atoms with Crippen molar-refractivity contribution in [2.75, 3.05) is 0 Å². The van der Waals surface area contributed by atoms with Crippen molar-refractivity contribution in [2.24, 2.45) is 5.73 Å². The first-order valence-electron chi connectivity index (χ1n) is 2.94. The number of hydrogen-bond donors (Lipinski definition) is 2. The van der Waals surface area contributed by atoms with Gasteiger partial charge in [-0.25, -0.2) is 0 Å². The quantitative estimate of drug-likeness (QED) is 0.469. The molecule has 1 saturated heterocycles. The summed E-state index contributed by atoms with van der Waals surface area (Å²) in [6, 6.07) is -0.324. The lowest BCUT2D eigenvalue weighted by Gasteiger charge is -2.19. The van der Waals surface area contributed by atoms with Gasteiger partial charge in [0.25, 0.3) is 0 Å². The lowest BCUT2D eigenvalue weighted by Crippen LogP contribution is -2.43. The molecule has 0 saturated carbocycles. The van der Waals surface area contributed by atoms with Gasteiger partial charge in [-0.2, -0.15) is 0 Å². The van der Waals surface area contributed by atoms with Crippen LogP contribution in [0.2, 0.25) is 0 Å². The Morgan fingerprint density at radius 3 is 2.89 bits per heavy atom. The SMILES string of the molecule is C=C1CC[C@@H](N)C(=O)N1. The molecule has 1 aliphatic rings. The van der Waals surface area contributed by atoms with Crippen molar-refractivity contribution in [3.05, 3.63) is 12.3 Å². The summed E-state index contributed by atoms with van der Waals surface area (Å²) in [5.74, 6) is -0.105. The van der Waals surface area contributed by atoms with Crippen LogP contribution >= 0.6 is 0 Å². The Morgan fingerprint density at radius 1 is 1.78 bits per heavy atom. The van der Waals surface area contributed by atoms with Gasteiger partial charge in [-0.05, 0) is 12.8 Å². The average molecular weight is 126 g/mol. The highest BCUT2D eigenvalue weighted by atomic mass is 16.2. The van der Waals surface area contributed by atoms with Crippen molar-refractivity contribution in [1.29, 1.82) is 0 Å². The van der Waals surface area contributed by atoms with E-state index in [1.165, 1.54) is 0 Å². The largest absolute Gasteiger partial charge is 0.329 e. The minimum Gasteiger partial charge on any atom is -0.329 e. The number of carbonyl (C=O) groups excluding carboxylic acids is 1. The lowest BCUT2D eigenvalue weighted by atomic mass is 10.1. The van der Waals surface area contributed by atoms with E-state index in [2.05, 4.69) is 11.9 Å². The number of nitrogens with two attached hydrogens (primary N) is 1. The molecule has 50 valence electrons. The van der Waals surface area contributed by atoms with Gasteiger partial charge >= 0.3 is 0 Å². The van der Waals surface area contributed by atoms with Crippen LogP contribution in [0.5, 0.6) is 0 Å². The fourth-order valence-corrected chi connectivity index (χ4v) is 0.790. The van der Waals surface area contributed by atoms with E-state index in [9.17, 15) is 4.79 Å². The lowest BCUT2D eigenvalue weighted by molar-refractivity contribution is -0.122. The van der Waals surface area contributed by atoms with Gasteiger partial charge in [-0.1, -0.05) is 6.58 Å². The molecule has 1 atom stereocenters. The fourth-order valence-electron chi connectivity index (χ4n) is 0.790. The summed E-state index contributed by atoms with van der Waals surface area (Å²) in [7, 11) is 0. The zero-order valence-electron chi connectivity index (χ0n) is 5.18. The predicted molar refractivity (Wildman–Crippen MR) is 34.5 cm³/mol. The van der Waals surface area contributed by atoms with E-state index in [1.807, 2.05) is 0 Å². The topological polar surface area (TPSA) is 55.1 Å². The number of hydrogen-bond acceptors (Lipinski definition) is 2. The van der Waals surface area contributed by atoms with Crippen molar-refractivity contribution >= 4 is 5.91 Å². The minimum atomic E-state index is -0.324. The van der Waals surface area contributed by atoms with Crippen LogP contribution in [0.4, 0.5) is 0 Å². The third kappa shape index (κ3) is 1.29. The first-order valence-corrected chi connectivity index (χ1v) is 2.94. The third-order valence-corrected chi connectivity index (χ3v) is 1.39. The number of nitrogens with one attached hydrogen (secondary N) is 1. The van der Waals surface area contributed by atoms with Crippen molar-refractivity contribution in [3.8, 4) is 0 Å². The summed E-state index contributed by atoms with van der Waals surface area (Å²) >= 11 is 0. The van der Waals surface area contributed by atoms with Gasteiger partial charge in [-0.3, -0.25) is 4.79 Å². The first kappa shape index (κ1) is 6.29. The number of rotatable bonds is 0. The molecule has 0 aromatic heterocycles. The highest BCUT2D eigenvalue weighted by molar-refractivity contribution is 5.83. The minimum absolute atomic E-state index is 0.105. The fraction of sp³-hybridized carbons (Fsp3) is 0.500. The van der Waals surface area contributed by atoms with Crippen LogP contribution < -0.4 is 11.1 Å². The van der Waals surface area contributed by atoms with E-state index in [-0.39, 0.29) is 11.9 Å². The summed E-state index contributed by atoms with van der Waals surface area (Å²) in [5, 5.41) is 2.57. The second kappa shape index (κ2) is 2.19. The summed E-state index contributed by atoms with van der Waals surface area (Å²) in [5.41, 5.74) is 6.17. The van der Waals surface area contributed by atoms with Crippen molar-refractivity contribution < 1.29 is 4.79 Å². The highest BCUT2D eigenvalue weighted by Gasteiger charge is 2.18. The molecule has 3 heteroatoms. The predicted octanol–water partition coefficient (Wildman–Crippen LogP) is -0.263. The second-order valence-electron chi connectivity index (χ2n) is 2.24. The van der Waals surface area contributed by atoms with Crippen LogP contribution in [0.3, 0.4) is 0 Å². The molecule has 1 aliphatic heterocycles. The summed E-state index contributed by atoms with van der Waals surface area (Å²) in [6.45, 7) is 3.61. The molecule has 1 rings (SSSR count). The molecule has 0 radical (unpaired) electrons. The molecular weight excluding hydrogens is 116 g/mol. The molecule has 3 N–H and O–H groups in total. The standard InChI is InChI=1S/C6H10N2O/c1-4-2-3-5(7)6(9)8-4/h5H,1-3,7H2,(H,8,9)/t5-/m1/s1. The van der Waals surface area contributed by atoms with Gasteiger partial charge in [0.2, 0.25) is 5.91 Å². The number of piperidine rings is 1. The molecule has 0 unspecified atom stereocenters. The van der Waals surface area contributed by atoms with Crippen LogP contribution in [0.1, 0.15) is 12.8 Å². The smallest absolute Gasteiger partial charge is 0.241 e. The van der Waals surface area contributed by atoms with Crippen LogP contribution in [0, 0.1) is 0 Å². The van der Waals surface area contributed by atoms with Crippen LogP contribution in [-0.4, -0.2) is 11.9 Å². The van der Waals surface area contributed by atoms with E-state index in [0.717, 1.165) is 18.5 Å². The molecule has 0 aromatic rings. The second-order valence-corrected chi connectivity index (χ2v) is 2.24. The Kier molecular flexibility index (Phi) is 1.53. The monoisotopic (exact) mass is 126 g/mol. The zero-order valence-corrected chi connectivity index (χ0v) is 5.18. The van der Waals surface area contributed by atoms with Gasteiger partial charge < -0.3 is 11.1 Å². The Balaban J connectivity index is 2.54. The van der Waals surface area contributed by atoms with Gasteiger partial charge in [-0.15, -0.1) is 0 Å². The average Bonchev–Trinajstić information content (AvgIpc) is 1.80. The third-order valence-electron chi connectivity index (χ3n) is 1.39. The Bertz CT molecular complexity index is 153. The van der Waals surface area contributed by atoms with E-state index >= 15 is 0 Å². The number of amides is 1. The van der Waals surface area contributed by atoms with Gasteiger partial charge in [0.15, 0.2) is 0 Å². The highest BCUT2D eigenvalue weighted by Crippen LogP contribution is 2.07. The van der Waals surface area contributed by atoms with E-state index in [1.54, 1.807) is 0 Å². The summed E-state index contributed by atoms with van der Waals surface area (Å²) in [4.78, 5) is 10.7. The maximum Gasteiger partial charge on any atom is 0.241 e. The summed E-state index contributed by atoms with van der Waals surface area (Å²) < 4.78 is 0. The van der Waals surface area contributed by atoms with Crippen LogP contribution in [0.15, 0.2) is 12.3 Å². The molecule has 1 amide bonds. The van der Waals surface area contributed by atoms with Crippen molar-refractivity contribution in [3.63, 3.8) is 0 Å². The molecule has 1 heterocycles. The Morgan fingerprint density at radius 2 is 2.44 bits per heavy atom. The first-order chi connectivity index (χ1) is 4.20. The normalized spacial score (nSPS) is 27.9. The molecule has 9 heavy (non-hydrogen) atoms. The van der Waals surface area contributed by atoms with Crippen molar-refractivity contribution in [2.45, 2.75) is 18.9 Å². The Labute approximate surface area is 53.9 Å². The van der Waals surface area contributed by atoms with E-state index in [0.29, 0.717) is 0 Å². The maximum absolute atomic E-state index is 10.7. The van der Waals surface area contributed by atoms with E-state index in [4.69, 9.17) is 5.73 Å². The molecule has 3 nitrogen and oxygen atoms in total. The van der Waals surface area contributed by atoms with E-state index < -0.39 is 0 Å². The van der Waals surface area contributed by atoms with Crippen LogP contribution in [0.25, 0.3) is 0 Å². The van der Waals surface area contributed by atoms with Crippen LogP contribution in [-0.2, 0) is 4.79 Å². The summed E-state index contributed by atoms with van der Waals surface area (Å²) in [6.07, 6.45) is 1.54. The van der Waals surface area contributed by atoms with Crippen molar-refractivity contribution in [1.82, 2.24) is 5.32 Å². The Hall–Kier alpha value is -0.830. The number of carbonyl (C=O) groups is 1. The maximum atomic E-state index is 10.7. The van der Waals surface area contributed by atoms with Gasteiger partial charge in [0.1, 0.15) is 0 Å². The molecule has 0 aromatic carbocycles. The number of allylic oxidation sites excluding steroid dienone is 1. The van der Waals surface area contributed by atoms with Gasteiger partial charge in [0.05, 0.1) is 6.04 Å². The molecule has 1 fully saturated rings. The molecule has 0 spiro atoms.